The highest BCUT2D eigenvalue weighted by atomic mass is 35.5. The van der Waals surface area contributed by atoms with Gasteiger partial charge in [0.2, 0.25) is 0 Å². The Morgan fingerprint density at radius 2 is 1.48 bits per heavy atom. The molecule has 2 heterocycles. The second kappa shape index (κ2) is 8.79. The molecule has 3 aromatic carbocycles. The lowest BCUT2D eigenvalue weighted by atomic mass is 9.96. The molecule has 1 saturated heterocycles. The van der Waals surface area contributed by atoms with Crippen molar-refractivity contribution in [1.82, 2.24) is 14.8 Å². The molecule has 0 unspecified atom stereocenters. The monoisotopic (exact) mass is 447 g/mol. The van der Waals surface area contributed by atoms with E-state index in [1.807, 2.05) is 35.2 Å². The molecule has 5 rings (SSSR count). The lowest BCUT2D eigenvalue weighted by Gasteiger charge is -2.39. The van der Waals surface area contributed by atoms with Gasteiger partial charge in [-0.15, -0.1) is 11.3 Å². The SMILES string of the molecule is O=C(c1nc2cc(Cl)ccc2s1)N1CCN(C(c2ccccc2)c2ccccc2)CC1. The highest BCUT2D eigenvalue weighted by Crippen LogP contribution is 2.30. The molecule has 1 aliphatic heterocycles. The molecule has 0 atom stereocenters. The molecule has 1 aromatic heterocycles. The number of carbonyl (C=O) groups excluding carboxylic acids is 1. The third-order valence-corrected chi connectivity index (χ3v) is 6.99. The first-order valence-corrected chi connectivity index (χ1v) is 11.6. The van der Waals surface area contributed by atoms with E-state index in [4.69, 9.17) is 11.6 Å². The van der Waals surface area contributed by atoms with E-state index in [0.29, 0.717) is 23.1 Å². The molecule has 4 nitrogen and oxygen atoms in total. The summed E-state index contributed by atoms with van der Waals surface area (Å²) in [6.45, 7) is 3.01. The molecule has 0 saturated carbocycles. The number of thiazole rings is 1. The van der Waals surface area contributed by atoms with Gasteiger partial charge in [0.25, 0.3) is 5.91 Å². The van der Waals surface area contributed by atoms with Gasteiger partial charge in [-0.1, -0.05) is 72.3 Å². The van der Waals surface area contributed by atoms with Crippen LogP contribution in [0.15, 0.2) is 78.9 Å². The fourth-order valence-corrected chi connectivity index (χ4v) is 5.28. The summed E-state index contributed by atoms with van der Waals surface area (Å²) in [6, 6.07) is 26.9. The summed E-state index contributed by atoms with van der Waals surface area (Å²) in [4.78, 5) is 22.0. The van der Waals surface area contributed by atoms with Crippen molar-refractivity contribution in [1.29, 1.82) is 0 Å². The summed E-state index contributed by atoms with van der Waals surface area (Å²) >= 11 is 7.50. The number of benzene rings is 3. The number of rotatable bonds is 4. The molecule has 0 radical (unpaired) electrons. The third-order valence-electron chi connectivity index (χ3n) is 5.73. The van der Waals surface area contributed by atoms with Gasteiger partial charge < -0.3 is 4.90 Å². The Morgan fingerprint density at radius 3 is 2.10 bits per heavy atom. The maximum atomic E-state index is 13.1. The van der Waals surface area contributed by atoms with Crippen LogP contribution in [-0.4, -0.2) is 46.9 Å². The number of piperazine rings is 1. The molecular weight excluding hydrogens is 426 g/mol. The first kappa shape index (κ1) is 20.2. The van der Waals surface area contributed by atoms with Crippen molar-refractivity contribution in [3.63, 3.8) is 0 Å². The van der Waals surface area contributed by atoms with Crippen LogP contribution in [0.5, 0.6) is 0 Å². The van der Waals surface area contributed by atoms with Crippen LogP contribution in [0, 0.1) is 0 Å². The molecular formula is C25H22ClN3OS. The maximum Gasteiger partial charge on any atom is 0.282 e. The van der Waals surface area contributed by atoms with Gasteiger partial charge in [0, 0.05) is 31.2 Å². The van der Waals surface area contributed by atoms with Gasteiger partial charge in [0.15, 0.2) is 5.01 Å². The van der Waals surface area contributed by atoms with Crippen molar-refractivity contribution in [2.75, 3.05) is 26.2 Å². The number of hydrogen-bond acceptors (Lipinski definition) is 4. The van der Waals surface area contributed by atoms with Gasteiger partial charge in [-0.2, -0.15) is 0 Å². The predicted molar refractivity (Wildman–Crippen MR) is 127 cm³/mol. The summed E-state index contributed by atoms with van der Waals surface area (Å²) in [7, 11) is 0. The number of carbonyl (C=O) groups is 1. The summed E-state index contributed by atoms with van der Waals surface area (Å²) in [5.74, 6) is 0.00736. The van der Waals surface area contributed by atoms with E-state index in [1.54, 1.807) is 0 Å². The van der Waals surface area contributed by atoms with E-state index >= 15 is 0 Å². The molecule has 0 bridgehead atoms. The van der Waals surface area contributed by atoms with Crippen LogP contribution in [0.1, 0.15) is 27.0 Å². The Morgan fingerprint density at radius 1 is 0.871 bits per heavy atom. The van der Waals surface area contributed by atoms with Crippen molar-refractivity contribution in [2.24, 2.45) is 0 Å². The highest BCUT2D eigenvalue weighted by molar-refractivity contribution is 7.20. The minimum Gasteiger partial charge on any atom is -0.334 e. The molecule has 156 valence electrons. The molecule has 1 aliphatic rings. The fraction of sp³-hybridized carbons (Fsp3) is 0.200. The molecule has 6 heteroatoms. The van der Waals surface area contributed by atoms with E-state index in [2.05, 4.69) is 58.4 Å². The average Bonchev–Trinajstić information content (AvgIpc) is 3.24. The number of fused-ring (bicyclic) bond motifs is 1. The normalized spacial score (nSPS) is 15.0. The minimum absolute atomic E-state index is 0.00736. The number of halogens is 1. The van der Waals surface area contributed by atoms with Crippen molar-refractivity contribution >= 4 is 39.1 Å². The summed E-state index contributed by atoms with van der Waals surface area (Å²) < 4.78 is 0.986. The largest absolute Gasteiger partial charge is 0.334 e. The Bertz CT molecular complexity index is 1150. The van der Waals surface area contributed by atoms with Crippen LogP contribution in [0.2, 0.25) is 5.02 Å². The van der Waals surface area contributed by atoms with Gasteiger partial charge >= 0.3 is 0 Å². The van der Waals surface area contributed by atoms with Gasteiger partial charge in [0.05, 0.1) is 16.3 Å². The maximum absolute atomic E-state index is 13.1. The first-order chi connectivity index (χ1) is 15.2. The molecule has 4 aromatic rings. The van der Waals surface area contributed by atoms with E-state index in [1.165, 1.54) is 22.5 Å². The molecule has 0 N–H and O–H groups in total. The van der Waals surface area contributed by atoms with Crippen LogP contribution < -0.4 is 0 Å². The Labute approximate surface area is 190 Å². The van der Waals surface area contributed by atoms with Crippen LogP contribution in [0.25, 0.3) is 10.2 Å². The smallest absolute Gasteiger partial charge is 0.282 e. The van der Waals surface area contributed by atoms with E-state index in [9.17, 15) is 4.79 Å². The molecule has 31 heavy (non-hydrogen) atoms. The Hall–Kier alpha value is -2.73. The van der Waals surface area contributed by atoms with Crippen LogP contribution in [-0.2, 0) is 0 Å². The topological polar surface area (TPSA) is 36.4 Å². The third kappa shape index (κ3) is 4.22. The van der Waals surface area contributed by atoms with Gasteiger partial charge in [0.1, 0.15) is 0 Å². The van der Waals surface area contributed by atoms with E-state index in [-0.39, 0.29) is 11.9 Å². The van der Waals surface area contributed by atoms with Crippen molar-refractivity contribution in [2.45, 2.75) is 6.04 Å². The Kier molecular flexibility index (Phi) is 5.72. The first-order valence-electron chi connectivity index (χ1n) is 10.4. The highest BCUT2D eigenvalue weighted by Gasteiger charge is 2.29. The molecule has 1 fully saturated rings. The van der Waals surface area contributed by atoms with Gasteiger partial charge in [-0.3, -0.25) is 9.69 Å². The quantitative estimate of drug-likeness (QED) is 0.414. The lowest BCUT2D eigenvalue weighted by Crippen LogP contribution is -2.49. The van der Waals surface area contributed by atoms with E-state index < -0.39 is 0 Å². The van der Waals surface area contributed by atoms with Crippen LogP contribution in [0.3, 0.4) is 0 Å². The van der Waals surface area contributed by atoms with Gasteiger partial charge in [-0.05, 0) is 29.3 Å². The molecule has 0 aliphatic carbocycles. The second-order valence-electron chi connectivity index (χ2n) is 7.68. The average molecular weight is 448 g/mol. The Balaban J connectivity index is 1.34. The summed E-state index contributed by atoms with van der Waals surface area (Å²) in [5.41, 5.74) is 3.33. The fourth-order valence-electron chi connectivity index (χ4n) is 4.20. The summed E-state index contributed by atoms with van der Waals surface area (Å²) in [5, 5.41) is 1.17. The number of nitrogens with zero attached hydrogens (tertiary/aromatic N) is 3. The molecule has 0 spiro atoms. The number of hydrogen-bond donors (Lipinski definition) is 0. The standard InChI is InChI=1S/C25H22ClN3OS/c26-20-11-12-22-21(17-20)27-24(31-22)25(30)29-15-13-28(14-16-29)23(18-7-3-1-4-8-18)19-9-5-2-6-10-19/h1-12,17,23H,13-16H2. The van der Waals surface area contributed by atoms with Gasteiger partial charge in [-0.25, -0.2) is 4.98 Å². The van der Waals surface area contributed by atoms with E-state index in [0.717, 1.165) is 23.3 Å². The van der Waals surface area contributed by atoms with Crippen molar-refractivity contribution < 1.29 is 4.79 Å². The number of aromatic nitrogens is 1. The zero-order chi connectivity index (χ0) is 21.2. The van der Waals surface area contributed by atoms with Crippen molar-refractivity contribution in [3.8, 4) is 0 Å². The minimum atomic E-state index is 0.00736. The van der Waals surface area contributed by atoms with Crippen molar-refractivity contribution in [3.05, 3.63) is 100 Å². The van der Waals surface area contributed by atoms with Crippen LogP contribution >= 0.6 is 22.9 Å². The lowest BCUT2D eigenvalue weighted by molar-refractivity contribution is 0.0597. The van der Waals surface area contributed by atoms with Crippen LogP contribution in [0.4, 0.5) is 0 Å². The zero-order valence-electron chi connectivity index (χ0n) is 16.9. The number of amides is 1. The zero-order valence-corrected chi connectivity index (χ0v) is 18.5. The second-order valence-corrected chi connectivity index (χ2v) is 9.15. The predicted octanol–water partition coefficient (Wildman–Crippen LogP) is 5.50. The summed E-state index contributed by atoms with van der Waals surface area (Å²) in [6.07, 6.45) is 0. The molecule has 1 amide bonds.